The van der Waals surface area contributed by atoms with Crippen molar-refractivity contribution in [3.63, 3.8) is 0 Å². The Labute approximate surface area is 96.7 Å². The summed E-state index contributed by atoms with van der Waals surface area (Å²) in [5.41, 5.74) is 0. The molecule has 0 unspecified atom stereocenters. The van der Waals surface area contributed by atoms with Gasteiger partial charge in [0.25, 0.3) is 0 Å². The molecule has 0 aliphatic heterocycles. The van der Waals surface area contributed by atoms with E-state index in [4.69, 9.17) is 0 Å². The first-order valence-electron chi connectivity index (χ1n) is 5.41. The minimum Gasteiger partial charge on any atom is -0.147 e. The summed E-state index contributed by atoms with van der Waals surface area (Å²) in [6.45, 7) is 4.55. The van der Waals surface area contributed by atoms with Gasteiger partial charge in [-0.2, -0.15) is 0 Å². The van der Waals surface area contributed by atoms with Gasteiger partial charge in [0.05, 0.1) is 0 Å². The van der Waals surface area contributed by atoms with E-state index < -0.39 is 0 Å². The average Bonchev–Trinajstić information content (AvgIpc) is 2.03. The molecule has 0 saturated carbocycles. The van der Waals surface area contributed by atoms with E-state index in [1.54, 1.807) is 0 Å². The second kappa shape index (κ2) is 18.4. The highest BCUT2D eigenvalue weighted by molar-refractivity contribution is 5.85. The Bertz CT molecular complexity index is 57.1. The van der Waals surface area contributed by atoms with Crippen molar-refractivity contribution in [1.82, 2.24) is 0 Å². The topological polar surface area (TPSA) is 0 Å². The van der Waals surface area contributed by atoms with Crippen molar-refractivity contribution in [3.05, 3.63) is 0 Å². The van der Waals surface area contributed by atoms with Crippen LogP contribution in [0.2, 0.25) is 0 Å². The monoisotopic (exact) mass is 228 g/mol. The Kier molecular flexibility index (Phi) is 27.1. The van der Waals surface area contributed by atoms with Crippen LogP contribution in [-0.2, 0) is 0 Å². The SMILES string of the molecule is CCCCCCCCCCC.Cl.Cl. The summed E-state index contributed by atoms with van der Waals surface area (Å²) < 4.78 is 0. The summed E-state index contributed by atoms with van der Waals surface area (Å²) >= 11 is 0. The van der Waals surface area contributed by atoms with Crippen molar-refractivity contribution in [3.8, 4) is 0 Å². The zero-order valence-electron chi connectivity index (χ0n) is 9.18. The predicted molar refractivity (Wildman–Crippen MR) is 67.4 cm³/mol. The zero-order chi connectivity index (χ0) is 8.36. The molecule has 84 valence electrons. The Morgan fingerprint density at radius 1 is 0.462 bits per heavy atom. The molecule has 0 aromatic carbocycles. The minimum absolute atomic E-state index is 0. The van der Waals surface area contributed by atoms with Crippen LogP contribution >= 0.6 is 24.8 Å². The fraction of sp³-hybridized carbons (Fsp3) is 1.00. The highest BCUT2D eigenvalue weighted by Gasteiger charge is 1.88. The van der Waals surface area contributed by atoms with Crippen LogP contribution in [0.5, 0.6) is 0 Å². The normalized spacial score (nSPS) is 8.77. The molecule has 0 nitrogen and oxygen atoms in total. The van der Waals surface area contributed by atoms with Crippen molar-refractivity contribution in [2.24, 2.45) is 0 Å². The molecule has 0 amide bonds. The van der Waals surface area contributed by atoms with Gasteiger partial charge in [0.15, 0.2) is 0 Å². The van der Waals surface area contributed by atoms with Gasteiger partial charge in [-0.25, -0.2) is 0 Å². The van der Waals surface area contributed by atoms with Crippen LogP contribution in [0.25, 0.3) is 0 Å². The van der Waals surface area contributed by atoms with Gasteiger partial charge in [0.2, 0.25) is 0 Å². The second-order valence-electron chi connectivity index (χ2n) is 3.47. The van der Waals surface area contributed by atoms with E-state index in [0.29, 0.717) is 0 Å². The maximum Gasteiger partial charge on any atom is -0.0533 e. The molecule has 0 atom stereocenters. The molecular formula is C11H26Cl2. The van der Waals surface area contributed by atoms with E-state index in [2.05, 4.69) is 13.8 Å². The van der Waals surface area contributed by atoms with Crippen LogP contribution in [-0.4, -0.2) is 0 Å². The highest BCUT2D eigenvalue weighted by atomic mass is 35.5. The summed E-state index contributed by atoms with van der Waals surface area (Å²) in [7, 11) is 0. The van der Waals surface area contributed by atoms with Gasteiger partial charge in [-0.1, -0.05) is 71.6 Å². The summed E-state index contributed by atoms with van der Waals surface area (Å²) in [6.07, 6.45) is 13.0. The molecular weight excluding hydrogens is 203 g/mol. The fourth-order valence-electron chi connectivity index (χ4n) is 1.38. The van der Waals surface area contributed by atoms with Gasteiger partial charge in [-0.3, -0.25) is 0 Å². The van der Waals surface area contributed by atoms with Gasteiger partial charge in [-0.05, 0) is 0 Å². The minimum atomic E-state index is 0. The largest absolute Gasteiger partial charge is 0.147 e. The molecule has 0 radical (unpaired) electrons. The molecule has 0 aliphatic carbocycles. The molecule has 0 aromatic heterocycles. The molecule has 0 heterocycles. The lowest BCUT2D eigenvalue weighted by Crippen LogP contribution is -1.79. The number of hydrogen-bond donors (Lipinski definition) is 0. The standard InChI is InChI=1S/C11H24.2ClH/c1-3-5-7-9-11-10-8-6-4-2;;/h3-11H2,1-2H3;2*1H. The van der Waals surface area contributed by atoms with E-state index in [9.17, 15) is 0 Å². The molecule has 0 aliphatic rings. The van der Waals surface area contributed by atoms with Crippen LogP contribution in [0, 0.1) is 0 Å². The van der Waals surface area contributed by atoms with Crippen LogP contribution in [0.1, 0.15) is 71.6 Å². The summed E-state index contributed by atoms with van der Waals surface area (Å²) in [5, 5.41) is 0. The van der Waals surface area contributed by atoms with Gasteiger partial charge < -0.3 is 0 Å². The van der Waals surface area contributed by atoms with E-state index in [-0.39, 0.29) is 24.8 Å². The highest BCUT2D eigenvalue weighted by Crippen LogP contribution is 2.08. The lowest BCUT2D eigenvalue weighted by atomic mass is 10.1. The number of hydrogen-bond acceptors (Lipinski definition) is 0. The summed E-state index contributed by atoms with van der Waals surface area (Å²) in [5.74, 6) is 0. The van der Waals surface area contributed by atoms with Gasteiger partial charge in [0, 0.05) is 0 Å². The van der Waals surface area contributed by atoms with Crippen LogP contribution in [0.3, 0.4) is 0 Å². The Morgan fingerprint density at radius 2 is 0.692 bits per heavy atom. The van der Waals surface area contributed by atoms with Gasteiger partial charge >= 0.3 is 0 Å². The molecule has 0 saturated heterocycles. The van der Waals surface area contributed by atoms with Crippen LogP contribution in [0.4, 0.5) is 0 Å². The number of halogens is 2. The maximum absolute atomic E-state index is 2.27. The smallest absolute Gasteiger partial charge is 0.0533 e. The molecule has 0 rings (SSSR count). The Balaban J connectivity index is -0.000000500. The molecule has 0 bridgehead atoms. The molecule has 0 spiro atoms. The van der Waals surface area contributed by atoms with Crippen LogP contribution in [0.15, 0.2) is 0 Å². The van der Waals surface area contributed by atoms with E-state index >= 15 is 0 Å². The summed E-state index contributed by atoms with van der Waals surface area (Å²) in [4.78, 5) is 0. The maximum atomic E-state index is 2.27. The fourth-order valence-corrected chi connectivity index (χ4v) is 1.38. The first-order valence-corrected chi connectivity index (χ1v) is 5.41. The average molecular weight is 229 g/mol. The molecule has 0 N–H and O–H groups in total. The number of rotatable bonds is 8. The molecule has 0 aromatic rings. The van der Waals surface area contributed by atoms with Crippen molar-refractivity contribution >= 4 is 24.8 Å². The lowest BCUT2D eigenvalue weighted by molar-refractivity contribution is 0.572. The molecule has 0 fully saturated rings. The third kappa shape index (κ3) is 19.1. The van der Waals surface area contributed by atoms with Crippen molar-refractivity contribution in [1.29, 1.82) is 0 Å². The molecule has 13 heavy (non-hydrogen) atoms. The van der Waals surface area contributed by atoms with Crippen LogP contribution < -0.4 is 0 Å². The lowest BCUT2D eigenvalue weighted by Gasteiger charge is -1.98. The quantitative estimate of drug-likeness (QED) is 0.490. The Hall–Kier alpha value is 0.580. The predicted octanol–water partition coefficient (Wildman–Crippen LogP) is 5.38. The van der Waals surface area contributed by atoms with E-state index in [1.165, 1.54) is 57.8 Å². The first kappa shape index (κ1) is 19.2. The van der Waals surface area contributed by atoms with Crippen molar-refractivity contribution in [2.45, 2.75) is 71.6 Å². The Morgan fingerprint density at radius 3 is 0.923 bits per heavy atom. The van der Waals surface area contributed by atoms with E-state index in [0.717, 1.165) is 0 Å². The first-order chi connectivity index (χ1) is 5.41. The van der Waals surface area contributed by atoms with E-state index in [1.807, 2.05) is 0 Å². The van der Waals surface area contributed by atoms with Gasteiger partial charge in [-0.15, -0.1) is 24.8 Å². The number of unbranched alkanes of at least 4 members (excludes halogenated alkanes) is 8. The molecule has 2 heteroatoms. The third-order valence-corrected chi connectivity index (χ3v) is 2.21. The third-order valence-electron chi connectivity index (χ3n) is 2.21. The van der Waals surface area contributed by atoms with Gasteiger partial charge in [0.1, 0.15) is 0 Å². The van der Waals surface area contributed by atoms with Crippen molar-refractivity contribution in [2.75, 3.05) is 0 Å². The van der Waals surface area contributed by atoms with Crippen molar-refractivity contribution < 1.29 is 0 Å². The zero-order valence-corrected chi connectivity index (χ0v) is 10.8. The summed E-state index contributed by atoms with van der Waals surface area (Å²) in [6, 6.07) is 0. The second-order valence-corrected chi connectivity index (χ2v) is 3.47.